The van der Waals surface area contributed by atoms with Gasteiger partial charge in [-0.2, -0.15) is 0 Å². The molecule has 0 aliphatic carbocycles. The summed E-state index contributed by atoms with van der Waals surface area (Å²) >= 11 is 8.59. The van der Waals surface area contributed by atoms with Crippen molar-refractivity contribution in [1.29, 1.82) is 0 Å². The standard InChI is InChI=1S/C9H7BrClF2NO2/c1-16-9(15)6-2-5(10)4(3-11)7(14-6)8(12)13/h2,8H,3H2,1H3. The van der Waals surface area contributed by atoms with E-state index >= 15 is 0 Å². The van der Waals surface area contributed by atoms with Crippen LogP contribution in [0.15, 0.2) is 10.5 Å². The van der Waals surface area contributed by atoms with E-state index in [1.165, 1.54) is 6.07 Å². The summed E-state index contributed by atoms with van der Waals surface area (Å²) in [6.07, 6.45) is -2.80. The molecule has 0 saturated heterocycles. The Morgan fingerprint density at radius 3 is 2.75 bits per heavy atom. The largest absolute Gasteiger partial charge is 0.464 e. The lowest BCUT2D eigenvalue weighted by atomic mass is 10.2. The molecule has 0 aliphatic rings. The Hall–Kier alpha value is -0.750. The molecular weight excluding hydrogens is 307 g/mol. The molecule has 0 bridgehead atoms. The predicted octanol–water partition coefficient (Wildman–Crippen LogP) is 3.31. The Morgan fingerprint density at radius 1 is 1.69 bits per heavy atom. The summed E-state index contributed by atoms with van der Waals surface area (Å²) in [6.45, 7) is 0. The molecule has 1 rings (SSSR count). The van der Waals surface area contributed by atoms with E-state index in [1.807, 2.05) is 0 Å². The first-order valence-electron chi connectivity index (χ1n) is 4.13. The van der Waals surface area contributed by atoms with Gasteiger partial charge in [-0.1, -0.05) is 15.9 Å². The molecule has 3 nitrogen and oxygen atoms in total. The van der Waals surface area contributed by atoms with Crippen LogP contribution in [0.4, 0.5) is 8.78 Å². The third-order valence-electron chi connectivity index (χ3n) is 1.84. The number of hydrogen-bond acceptors (Lipinski definition) is 3. The summed E-state index contributed by atoms with van der Waals surface area (Å²) < 4.78 is 30.0. The van der Waals surface area contributed by atoms with Crippen LogP contribution in [-0.2, 0) is 10.6 Å². The highest BCUT2D eigenvalue weighted by molar-refractivity contribution is 9.10. The van der Waals surface area contributed by atoms with Gasteiger partial charge < -0.3 is 4.74 Å². The summed E-state index contributed by atoms with van der Waals surface area (Å²) in [4.78, 5) is 14.7. The number of esters is 1. The van der Waals surface area contributed by atoms with Gasteiger partial charge in [-0.15, -0.1) is 11.6 Å². The zero-order valence-corrected chi connectivity index (χ0v) is 10.5. The molecule has 0 spiro atoms. The molecule has 1 aromatic heterocycles. The highest BCUT2D eigenvalue weighted by Gasteiger charge is 2.21. The van der Waals surface area contributed by atoms with Crippen molar-refractivity contribution in [2.45, 2.75) is 12.3 Å². The van der Waals surface area contributed by atoms with Crippen LogP contribution in [0.1, 0.15) is 28.2 Å². The smallest absolute Gasteiger partial charge is 0.356 e. The molecule has 7 heteroatoms. The molecule has 0 aromatic carbocycles. The molecule has 0 amide bonds. The minimum absolute atomic E-state index is 0.116. The molecular formula is C9H7BrClF2NO2. The second-order valence-corrected chi connectivity index (χ2v) is 3.90. The van der Waals surface area contributed by atoms with E-state index in [4.69, 9.17) is 11.6 Å². The third-order valence-corrected chi connectivity index (χ3v) is 2.81. The van der Waals surface area contributed by atoms with Crippen molar-refractivity contribution in [3.63, 3.8) is 0 Å². The van der Waals surface area contributed by atoms with Crippen LogP contribution >= 0.6 is 27.5 Å². The Labute approximate surface area is 104 Å². The first-order valence-corrected chi connectivity index (χ1v) is 5.45. The van der Waals surface area contributed by atoms with Gasteiger partial charge in [0.05, 0.1) is 13.0 Å². The van der Waals surface area contributed by atoms with Crippen LogP contribution in [0.3, 0.4) is 0 Å². The molecule has 16 heavy (non-hydrogen) atoms. The van der Waals surface area contributed by atoms with Crippen molar-refractivity contribution < 1.29 is 18.3 Å². The number of nitrogens with zero attached hydrogens (tertiary/aromatic N) is 1. The molecule has 0 radical (unpaired) electrons. The summed E-state index contributed by atoms with van der Waals surface area (Å²) in [5.41, 5.74) is -0.521. The predicted molar refractivity (Wildman–Crippen MR) is 57.8 cm³/mol. The minimum atomic E-state index is -2.80. The monoisotopic (exact) mass is 313 g/mol. The number of pyridine rings is 1. The van der Waals surface area contributed by atoms with Crippen LogP contribution in [0.5, 0.6) is 0 Å². The highest BCUT2D eigenvalue weighted by atomic mass is 79.9. The fourth-order valence-corrected chi connectivity index (χ4v) is 2.08. The van der Waals surface area contributed by atoms with Gasteiger partial charge in [0.25, 0.3) is 6.43 Å². The Kier molecular flexibility index (Phi) is 4.61. The van der Waals surface area contributed by atoms with Crippen molar-refractivity contribution >= 4 is 33.5 Å². The van der Waals surface area contributed by atoms with Crippen LogP contribution in [0.25, 0.3) is 0 Å². The topological polar surface area (TPSA) is 39.2 Å². The zero-order chi connectivity index (χ0) is 12.3. The summed E-state index contributed by atoms with van der Waals surface area (Å²) in [6, 6.07) is 1.30. The second-order valence-electron chi connectivity index (χ2n) is 2.78. The fraction of sp³-hybridized carbons (Fsp3) is 0.333. The molecule has 0 N–H and O–H groups in total. The highest BCUT2D eigenvalue weighted by Crippen LogP contribution is 2.29. The molecule has 1 aromatic rings. The summed E-state index contributed by atoms with van der Waals surface area (Å²) in [5.74, 6) is -0.891. The SMILES string of the molecule is COC(=O)c1cc(Br)c(CCl)c(C(F)F)n1. The van der Waals surface area contributed by atoms with E-state index in [-0.39, 0.29) is 17.1 Å². The lowest BCUT2D eigenvalue weighted by molar-refractivity contribution is 0.0592. The van der Waals surface area contributed by atoms with Crippen LogP contribution < -0.4 is 0 Å². The van der Waals surface area contributed by atoms with Crippen LogP contribution in [0.2, 0.25) is 0 Å². The van der Waals surface area contributed by atoms with Gasteiger partial charge in [-0.3, -0.25) is 0 Å². The zero-order valence-electron chi connectivity index (χ0n) is 8.14. The third kappa shape index (κ3) is 2.68. The van der Waals surface area contributed by atoms with Gasteiger partial charge in [0.15, 0.2) is 0 Å². The molecule has 0 unspecified atom stereocenters. The number of rotatable bonds is 3. The van der Waals surface area contributed by atoms with Gasteiger partial charge in [-0.25, -0.2) is 18.6 Å². The molecule has 1 heterocycles. The number of alkyl halides is 3. The lowest BCUT2D eigenvalue weighted by Gasteiger charge is -2.09. The van der Waals surface area contributed by atoms with E-state index in [0.29, 0.717) is 4.47 Å². The van der Waals surface area contributed by atoms with Crippen LogP contribution in [-0.4, -0.2) is 18.1 Å². The molecule has 0 fully saturated rings. The number of methoxy groups -OCH3 is 1. The quantitative estimate of drug-likeness (QED) is 0.635. The van der Waals surface area contributed by atoms with E-state index in [0.717, 1.165) is 7.11 Å². The maximum Gasteiger partial charge on any atom is 0.356 e. The molecule has 0 saturated carbocycles. The second kappa shape index (κ2) is 5.54. The maximum absolute atomic E-state index is 12.6. The van der Waals surface area contributed by atoms with Gasteiger partial charge in [0, 0.05) is 10.0 Å². The van der Waals surface area contributed by atoms with E-state index in [2.05, 4.69) is 25.7 Å². The average Bonchev–Trinajstić information content (AvgIpc) is 2.26. The van der Waals surface area contributed by atoms with Gasteiger partial charge in [0.2, 0.25) is 0 Å². The Balaban J connectivity index is 3.33. The average molecular weight is 315 g/mol. The number of ether oxygens (including phenoxy) is 1. The summed E-state index contributed by atoms with van der Waals surface area (Å²) in [7, 11) is 1.15. The van der Waals surface area contributed by atoms with Gasteiger partial charge in [0.1, 0.15) is 11.4 Å². The number of carbonyl (C=O) groups is 1. The van der Waals surface area contributed by atoms with Crippen LogP contribution in [0, 0.1) is 0 Å². The van der Waals surface area contributed by atoms with E-state index in [1.54, 1.807) is 0 Å². The van der Waals surface area contributed by atoms with E-state index < -0.39 is 18.1 Å². The number of carbonyl (C=O) groups excluding carboxylic acids is 1. The normalized spacial score (nSPS) is 10.6. The molecule has 0 atom stereocenters. The van der Waals surface area contributed by atoms with Crippen molar-refractivity contribution in [1.82, 2.24) is 4.98 Å². The van der Waals surface area contributed by atoms with Crippen molar-refractivity contribution in [3.05, 3.63) is 27.5 Å². The Bertz CT molecular complexity index is 415. The van der Waals surface area contributed by atoms with Gasteiger partial charge in [-0.05, 0) is 6.07 Å². The first kappa shape index (κ1) is 13.3. The Morgan fingerprint density at radius 2 is 2.31 bits per heavy atom. The number of halogens is 4. The van der Waals surface area contributed by atoms with Crippen molar-refractivity contribution in [3.8, 4) is 0 Å². The maximum atomic E-state index is 12.6. The summed E-state index contributed by atoms with van der Waals surface area (Å²) in [5, 5.41) is 0. The number of hydrogen-bond donors (Lipinski definition) is 0. The number of aromatic nitrogens is 1. The molecule has 88 valence electrons. The van der Waals surface area contributed by atoms with E-state index in [9.17, 15) is 13.6 Å². The van der Waals surface area contributed by atoms with Crippen molar-refractivity contribution in [2.75, 3.05) is 7.11 Å². The first-order chi connectivity index (χ1) is 7.51. The van der Waals surface area contributed by atoms with Gasteiger partial charge >= 0.3 is 5.97 Å². The fourth-order valence-electron chi connectivity index (χ4n) is 1.08. The lowest BCUT2D eigenvalue weighted by Crippen LogP contribution is -2.09. The minimum Gasteiger partial charge on any atom is -0.464 e. The molecule has 0 aliphatic heterocycles. The van der Waals surface area contributed by atoms with Crippen molar-refractivity contribution in [2.24, 2.45) is 0 Å².